The molecule has 0 atom stereocenters. The molecule has 5 heteroatoms. The second kappa shape index (κ2) is 5.36. The van der Waals surface area contributed by atoms with Crippen molar-refractivity contribution in [2.45, 2.75) is 6.54 Å². The van der Waals surface area contributed by atoms with Crippen molar-refractivity contribution >= 4 is 16.7 Å². The Balaban J connectivity index is 1.89. The first-order valence-electron chi connectivity index (χ1n) is 6.46. The fourth-order valence-electron chi connectivity index (χ4n) is 2.14. The van der Waals surface area contributed by atoms with Crippen LogP contribution in [-0.2, 0) is 6.54 Å². The van der Waals surface area contributed by atoms with Crippen LogP contribution in [0, 0.1) is 11.6 Å². The van der Waals surface area contributed by atoms with E-state index in [4.69, 9.17) is 5.73 Å². The monoisotopic (exact) mass is 285 g/mol. The molecule has 2 aromatic carbocycles. The van der Waals surface area contributed by atoms with Crippen LogP contribution >= 0.6 is 0 Å². The van der Waals surface area contributed by atoms with Crippen LogP contribution in [0.3, 0.4) is 0 Å². The van der Waals surface area contributed by atoms with Gasteiger partial charge in [-0.25, -0.2) is 8.78 Å². The molecule has 0 amide bonds. The van der Waals surface area contributed by atoms with E-state index in [1.54, 1.807) is 0 Å². The SMILES string of the molecule is NC(=NCc1c(F)cccc1F)c1cc2ccccc2[nH]1. The van der Waals surface area contributed by atoms with Crippen molar-refractivity contribution in [3.63, 3.8) is 0 Å². The van der Waals surface area contributed by atoms with Crippen LogP contribution in [0.1, 0.15) is 11.3 Å². The lowest BCUT2D eigenvalue weighted by Gasteiger charge is -2.02. The second-order valence-corrected chi connectivity index (χ2v) is 4.67. The van der Waals surface area contributed by atoms with Crippen LogP contribution < -0.4 is 5.73 Å². The molecular formula is C16H13F2N3. The molecule has 0 bridgehead atoms. The summed E-state index contributed by atoms with van der Waals surface area (Å²) in [4.78, 5) is 7.18. The van der Waals surface area contributed by atoms with Crippen LogP contribution in [0.4, 0.5) is 8.78 Å². The molecule has 0 radical (unpaired) electrons. The van der Waals surface area contributed by atoms with Gasteiger partial charge in [0.25, 0.3) is 0 Å². The van der Waals surface area contributed by atoms with Crippen molar-refractivity contribution in [3.8, 4) is 0 Å². The Labute approximate surface area is 120 Å². The van der Waals surface area contributed by atoms with E-state index in [-0.39, 0.29) is 17.9 Å². The van der Waals surface area contributed by atoms with Crippen LogP contribution in [0.25, 0.3) is 10.9 Å². The lowest BCUT2D eigenvalue weighted by Crippen LogP contribution is -2.14. The summed E-state index contributed by atoms with van der Waals surface area (Å²) in [6.45, 7) is -0.139. The summed E-state index contributed by atoms with van der Waals surface area (Å²) >= 11 is 0. The minimum Gasteiger partial charge on any atom is -0.382 e. The molecule has 0 spiro atoms. The number of nitrogens with one attached hydrogen (secondary N) is 1. The first-order chi connectivity index (χ1) is 10.1. The van der Waals surface area contributed by atoms with E-state index in [9.17, 15) is 8.78 Å². The van der Waals surface area contributed by atoms with Gasteiger partial charge >= 0.3 is 0 Å². The van der Waals surface area contributed by atoms with Gasteiger partial charge in [-0.3, -0.25) is 4.99 Å². The normalized spacial score (nSPS) is 12.0. The summed E-state index contributed by atoms with van der Waals surface area (Å²) < 4.78 is 27.0. The molecule has 0 aliphatic rings. The van der Waals surface area contributed by atoms with Gasteiger partial charge in [0.1, 0.15) is 17.5 Å². The number of para-hydroxylation sites is 1. The summed E-state index contributed by atoms with van der Waals surface area (Å²) in [6, 6.07) is 13.3. The molecule has 21 heavy (non-hydrogen) atoms. The number of amidine groups is 1. The van der Waals surface area contributed by atoms with Gasteiger partial charge in [0.15, 0.2) is 0 Å². The Bertz CT molecular complexity index is 768. The predicted molar refractivity (Wildman–Crippen MR) is 79.1 cm³/mol. The van der Waals surface area contributed by atoms with E-state index >= 15 is 0 Å². The van der Waals surface area contributed by atoms with Gasteiger partial charge in [-0.1, -0.05) is 24.3 Å². The molecular weight excluding hydrogens is 272 g/mol. The number of fused-ring (bicyclic) bond motifs is 1. The molecule has 3 N–H and O–H groups in total. The Kier molecular flexibility index (Phi) is 3.39. The maximum atomic E-state index is 13.5. The molecule has 3 aromatic rings. The van der Waals surface area contributed by atoms with Crippen LogP contribution in [0.2, 0.25) is 0 Å². The average Bonchev–Trinajstić information content (AvgIpc) is 2.90. The first-order valence-corrected chi connectivity index (χ1v) is 6.46. The van der Waals surface area contributed by atoms with Crippen molar-refractivity contribution in [2.24, 2.45) is 10.7 Å². The lowest BCUT2D eigenvalue weighted by atomic mass is 10.2. The second-order valence-electron chi connectivity index (χ2n) is 4.67. The number of nitrogens with two attached hydrogens (primary N) is 1. The number of aromatic amines is 1. The van der Waals surface area contributed by atoms with Crippen molar-refractivity contribution in [1.82, 2.24) is 4.98 Å². The highest BCUT2D eigenvalue weighted by Crippen LogP contribution is 2.16. The van der Waals surface area contributed by atoms with E-state index in [1.165, 1.54) is 18.2 Å². The van der Waals surface area contributed by atoms with E-state index < -0.39 is 11.6 Å². The van der Waals surface area contributed by atoms with Crippen molar-refractivity contribution in [1.29, 1.82) is 0 Å². The van der Waals surface area contributed by atoms with E-state index in [1.807, 2.05) is 30.3 Å². The summed E-state index contributed by atoms with van der Waals surface area (Å²) in [5.41, 5.74) is 7.36. The number of rotatable bonds is 3. The summed E-state index contributed by atoms with van der Waals surface area (Å²) in [5.74, 6) is -1.03. The molecule has 0 fully saturated rings. The van der Waals surface area contributed by atoms with Gasteiger partial charge in [-0.2, -0.15) is 0 Å². The summed E-state index contributed by atoms with van der Waals surface area (Å²) in [6.07, 6.45) is 0. The number of aliphatic imine (C=N–C) groups is 1. The van der Waals surface area contributed by atoms with Gasteiger partial charge in [0.05, 0.1) is 12.2 Å². The number of nitrogens with zero attached hydrogens (tertiary/aromatic N) is 1. The maximum Gasteiger partial charge on any atom is 0.142 e. The molecule has 0 aliphatic heterocycles. The Morgan fingerprint density at radius 1 is 1.05 bits per heavy atom. The molecule has 106 valence electrons. The molecule has 3 rings (SSSR count). The number of halogens is 2. The zero-order valence-corrected chi connectivity index (χ0v) is 11.1. The Morgan fingerprint density at radius 3 is 2.48 bits per heavy atom. The van der Waals surface area contributed by atoms with E-state index in [2.05, 4.69) is 9.98 Å². The van der Waals surface area contributed by atoms with Gasteiger partial charge in [0.2, 0.25) is 0 Å². The first kappa shape index (κ1) is 13.3. The summed E-state index contributed by atoms with van der Waals surface area (Å²) in [5, 5.41) is 1.00. The quantitative estimate of drug-likeness (QED) is 0.562. The highest BCUT2D eigenvalue weighted by Gasteiger charge is 2.09. The van der Waals surface area contributed by atoms with Crippen molar-refractivity contribution in [2.75, 3.05) is 0 Å². The fraction of sp³-hybridized carbons (Fsp3) is 0.0625. The Hall–Kier alpha value is -2.69. The van der Waals surface area contributed by atoms with Gasteiger partial charge < -0.3 is 10.7 Å². The van der Waals surface area contributed by atoms with Crippen LogP contribution in [0.15, 0.2) is 53.5 Å². The smallest absolute Gasteiger partial charge is 0.142 e. The molecule has 0 aliphatic carbocycles. The largest absolute Gasteiger partial charge is 0.382 e. The zero-order valence-electron chi connectivity index (χ0n) is 11.1. The third-order valence-electron chi connectivity index (χ3n) is 3.28. The number of aromatic nitrogens is 1. The third-order valence-corrected chi connectivity index (χ3v) is 3.28. The van der Waals surface area contributed by atoms with Crippen molar-refractivity contribution in [3.05, 3.63) is 71.4 Å². The Morgan fingerprint density at radius 2 is 1.76 bits per heavy atom. The van der Waals surface area contributed by atoms with Crippen molar-refractivity contribution < 1.29 is 8.78 Å². The van der Waals surface area contributed by atoms with E-state index in [0.29, 0.717) is 5.69 Å². The molecule has 0 unspecified atom stereocenters. The molecule has 1 heterocycles. The molecule has 3 nitrogen and oxygen atoms in total. The topological polar surface area (TPSA) is 54.2 Å². The highest BCUT2D eigenvalue weighted by atomic mass is 19.1. The minimum atomic E-state index is -0.622. The zero-order chi connectivity index (χ0) is 14.8. The molecule has 0 saturated heterocycles. The number of hydrogen-bond acceptors (Lipinski definition) is 1. The average molecular weight is 285 g/mol. The molecule has 1 aromatic heterocycles. The highest BCUT2D eigenvalue weighted by molar-refractivity contribution is 6.00. The van der Waals surface area contributed by atoms with E-state index in [0.717, 1.165) is 10.9 Å². The van der Waals surface area contributed by atoms with Crippen LogP contribution in [-0.4, -0.2) is 10.8 Å². The standard InChI is InChI=1S/C16H13F2N3/c17-12-5-3-6-13(18)11(12)9-20-16(19)15-8-10-4-1-2-7-14(10)21-15/h1-8,21H,9H2,(H2,19,20). The number of hydrogen-bond donors (Lipinski definition) is 2. The van der Waals surface area contributed by atoms with Gasteiger partial charge in [-0.05, 0) is 24.3 Å². The molecule has 0 saturated carbocycles. The number of H-pyrrole nitrogens is 1. The van der Waals surface area contributed by atoms with Crippen LogP contribution in [0.5, 0.6) is 0 Å². The maximum absolute atomic E-state index is 13.5. The summed E-state index contributed by atoms with van der Waals surface area (Å²) in [7, 11) is 0. The fourth-order valence-corrected chi connectivity index (χ4v) is 2.14. The predicted octanol–water partition coefficient (Wildman–Crippen LogP) is 3.35. The third kappa shape index (κ3) is 2.63. The van der Waals surface area contributed by atoms with Gasteiger partial charge in [0, 0.05) is 16.5 Å². The van der Waals surface area contributed by atoms with Gasteiger partial charge in [-0.15, -0.1) is 0 Å². The lowest BCUT2D eigenvalue weighted by molar-refractivity contribution is 0.557. The number of benzene rings is 2. The minimum absolute atomic E-state index is 0.0865.